The number of piperazine rings is 1. The van der Waals surface area contributed by atoms with E-state index in [1.54, 1.807) is 12.2 Å². The van der Waals surface area contributed by atoms with Crippen molar-refractivity contribution >= 4 is 28.8 Å². The van der Waals surface area contributed by atoms with Crippen LogP contribution in [-0.4, -0.2) is 46.1 Å². The highest BCUT2D eigenvalue weighted by Gasteiger charge is 2.23. The highest BCUT2D eigenvalue weighted by molar-refractivity contribution is 14.1. The number of hydrogen-bond acceptors (Lipinski definition) is 3. The molecule has 1 amide bonds. The van der Waals surface area contributed by atoms with E-state index in [1.807, 2.05) is 4.90 Å². The van der Waals surface area contributed by atoms with Crippen LogP contribution in [0.15, 0.2) is 12.2 Å². The Morgan fingerprint density at radius 2 is 2.36 bits per heavy atom. The molecule has 0 aliphatic carbocycles. The summed E-state index contributed by atoms with van der Waals surface area (Å²) in [6.07, 6.45) is 3.26. The van der Waals surface area contributed by atoms with Crippen molar-refractivity contribution < 1.29 is 4.79 Å². The van der Waals surface area contributed by atoms with Gasteiger partial charge in [-0.25, -0.2) is 3.11 Å². The Labute approximate surface area is 98.6 Å². The van der Waals surface area contributed by atoms with E-state index in [9.17, 15) is 4.79 Å². The number of carbonyl (C=O) groups excluding carboxylic acids is 1. The molecule has 14 heavy (non-hydrogen) atoms. The zero-order valence-corrected chi connectivity index (χ0v) is 10.5. The lowest BCUT2D eigenvalue weighted by molar-refractivity contribution is -0.127. The molecular weight excluding hydrogens is 293 g/mol. The molecule has 1 aliphatic heterocycles. The second-order valence-electron chi connectivity index (χ2n) is 3.39. The predicted octanol–water partition coefficient (Wildman–Crippen LogP) is 0.384. The highest BCUT2D eigenvalue weighted by atomic mass is 127. The molecule has 0 radical (unpaired) electrons. The molecule has 0 aromatic heterocycles. The van der Waals surface area contributed by atoms with Gasteiger partial charge in [-0.15, -0.1) is 0 Å². The summed E-state index contributed by atoms with van der Waals surface area (Å²) in [6, 6.07) is 0.430. The number of rotatable bonds is 2. The van der Waals surface area contributed by atoms with Gasteiger partial charge in [-0.05, 0) is 6.92 Å². The normalized spacial score (nSPS) is 24.5. The average Bonchev–Trinajstić information content (AvgIpc) is 2.18. The Bertz CT molecular complexity index is 232. The Morgan fingerprint density at radius 1 is 1.64 bits per heavy atom. The first-order valence-electron chi connectivity index (χ1n) is 4.73. The van der Waals surface area contributed by atoms with Crippen molar-refractivity contribution in [1.29, 1.82) is 0 Å². The molecule has 0 aromatic carbocycles. The summed E-state index contributed by atoms with van der Waals surface area (Å²) in [5.41, 5.74) is 5.29. The van der Waals surface area contributed by atoms with Crippen LogP contribution in [0.4, 0.5) is 0 Å². The van der Waals surface area contributed by atoms with E-state index in [2.05, 4.69) is 32.9 Å². The maximum absolute atomic E-state index is 11.6. The van der Waals surface area contributed by atoms with Gasteiger partial charge in [0.1, 0.15) is 0 Å². The van der Waals surface area contributed by atoms with Crippen LogP contribution >= 0.6 is 22.9 Å². The third-order valence-corrected chi connectivity index (χ3v) is 3.69. The second-order valence-corrected chi connectivity index (χ2v) is 4.63. The number of amides is 1. The topological polar surface area (TPSA) is 49.6 Å². The van der Waals surface area contributed by atoms with E-state index in [0.717, 1.165) is 19.6 Å². The summed E-state index contributed by atoms with van der Waals surface area (Å²) in [5, 5.41) is 0. The smallest absolute Gasteiger partial charge is 0.246 e. The molecule has 0 bridgehead atoms. The van der Waals surface area contributed by atoms with Crippen LogP contribution in [0.3, 0.4) is 0 Å². The standard InChI is InChI=1S/C9H16IN3O/c1-8-7-12(5-6-13(8)10)9(14)3-2-4-11/h2-3,8H,4-7,11H2,1H3/b3-2+/t8-/m0/s1. The molecule has 1 atom stereocenters. The van der Waals surface area contributed by atoms with Gasteiger partial charge in [0.05, 0.1) is 0 Å². The Hall–Kier alpha value is -0.140. The molecule has 1 heterocycles. The fourth-order valence-electron chi connectivity index (χ4n) is 1.41. The highest BCUT2D eigenvalue weighted by Crippen LogP contribution is 2.13. The van der Waals surface area contributed by atoms with Gasteiger partial charge >= 0.3 is 0 Å². The van der Waals surface area contributed by atoms with Gasteiger partial charge in [0.25, 0.3) is 0 Å². The molecule has 80 valence electrons. The van der Waals surface area contributed by atoms with E-state index in [1.165, 1.54) is 0 Å². The van der Waals surface area contributed by atoms with Crippen molar-refractivity contribution in [2.75, 3.05) is 26.2 Å². The largest absolute Gasteiger partial charge is 0.336 e. The summed E-state index contributed by atoms with van der Waals surface area (Å²) >= 11 is 2.30. The van der Waals surface area contributed by atoms with Crippen LogP contribution in [0.2, 0.25) is 0 Å². The van der Waals surface area contributed by atoms with Gasteiger partial charge in [0.15, 0.2) is 0 Å². The third-order valence-electron chi connectivity index (χ3n) is 2.25. The minimum absolute atomic E-state index is 0.0757. The average molecular weight is 309 g/mol. The van der Waals surface area contributed by atoms with Crippen LogP contribution in [0.5, 0.6) is 0 Å². The van der Waals surface area contributed by atoms with Crippen LogP contribution in [0.25, 0.3) is 0 Å². The number of nitrogens with two attached hydrogens (primary N) is 1. The molecule has 0 unspecified atom stereocenters. The van der Waals surface area contributed by atoms with Crippen LogP contribution in [0.1, 0.15) is 6.92 Å². The Morgan fingerprint density at radius 3 is 2.93 bits per heavy atom. The predicted molar refractivity (Wildman–Crippen MR) is 65.0 cm³/mol. The van der Waals surface area contributed by atoms with Gasteiger partial charge in [0, 0.05) is 61.2 Å². The Kier molecular flexibility index (Phi) is 4.83. The third kappa shape index (κ3) is 3.21. The zero-order valence-electron chi connectivity index (χ0n) is 8.32. The van der Waals surface area contributed by atoms with E-state index in [0.29, 0.717) is 12.6 Å². The quantitative estimate of drug-likeness (QED) is 0.456. The van der Waals surface area contributed by atoms with Gasteiger partial charge in [-0.3, -0.25) is 4.79 Å². The molecule has 1 fully saturated rings. The first-order chi connectivity index (χ1) is 6.65. The van der Waals surface area contributed by atoms with Crippen molar-refractivity contribution in [2.24, 2.45) is 5.73 Å². The van der Waals surface area contributed by atoms with E-state index >= 15 is 0 Å². The molecule has 0 spiro atoms. The lowest BCUT2D eigenvalue weighted by Gasteiger charge is -2.35. The molecule has 4 nitrogen and oxygen atoms in total. The first kappa shape index (κ1) is 11.9. The van der Waals surface area contributed by atoms with Crippen LogP contribution in [0, 0.1) is 0 Å². The lowest BCUT2D eigenvalue weighted by atomic mass is 10.2. The van der Waals surface area contributed by atoms with Crippen molar-refractivity contribution in [3.05, 3.63) is 12.2 Å². The molecule has 1 rings (SSSR count). The fourth-order valence-corrected chi connectivity index (χ4v) is 1.80. The van der Waals surface area contributed by atoms with Gasteiger partial charge < -0.3 is 10.6 Å². The fraction of sp³-hybridized carbons (Fsp3) is 0.667. The minimum atomic E-state index is 0.0757. The monoisotopic (exact) mass is 309 g/mol. The van der Waals surface area contributed by atoms with Gasteiger partial charge in [-0.1, -0.05) is 6.08 Å². The molecule has 1 saturated heterocycles. The number of nitrogens with zero attached hydrogens (tertiary/aromatic N) is 2. The summed E-state index contributed by atoms with van der Waals surface area (Å²) < 4.78 is 2.23. The molecule has 2 N–H and O–H groups in total. The molecular formula is C9H16IN3O. The maximum atomic E-state index is 11.6. The summed E-state index contributed by atoms with van der Waals surface area (Å²) in [7, 11) is 0. The first-order valence-corrected chi connectivity index (χ1v) is 5.69. The number of halogens is 1. The van der Waals surface area contributed by atoms with Crippen molar-refractivity contribution in [3.8, 4) is 0 Å². The van der Waals surface area contributed by atoms with E-state index in [-0.39, 0.29) is 5.91 Å². The van der Waals surface area contributed by atoms with Crippen molar-refractivity contribution in [1.82, 2.24) is 8.01 Å². The van der Waals surface area contributed by atoms with Crippen molar-refractivity contribution in [3.63, 3.8) is 0 Å². The number of carbonyl (C=O) groups is 1. The Balaban J connectivity index is 2.46. The van der Waals surface area contributed by atoms with Gasteiger partial charge in [-0.2, -0.15) is 0 Å². The lowest BCUT2D eigenvalue weighted by Crippen LogP contribution is -2.49. The summed E-state index contributed by atoms with van der Waals surface area (Å²) in [6.45, 7) is 5.09. The van der Waals surface area contributed by atoms with Crippen LogP contribution in [-0.2, 0) is 4.79 Å². The SMILES string of the molecule is C[C@H]1CN(C(=O)/C=C/CN)CCN1I. The number of hydrogen-bond donors (Lipinski definition) is 1. The minimum Gasteiger partial charge on any atom is -0.336 e. The van der Waals surface area contributed by atoms with E-state index < -0.39 is 0 Å². The molecule has 0 saturated carbocycles. The van der Waals surface area contributed by atoms with Crippen molar-refractivity contribution in [2.45, 2.75) is 13.0 Å². The summed E-state index contributed by atoms with van der Waals surface area (Å²) in [5.74, 6) is 0.0757. The second kappa shape index (κ2) is 5.67. The molecule has 1 aliphatic rings. The van der Waals surface area contributed by atoms with Gasteiger partial charge in [0.2, 0.25) is 5.91 Å². The zero-order chi connectivity index (χ0) is 10.6. The van der Waals surface area contributed by atoms with Crippen LogP contribution < -0.4 is 5.73 Å². The van der Waals surface area contributed by atoms with E-state index in [4.69, 9.17) is 5.73 Å². The maximum Gasteiger partial charge on any atom is 0.246 e. The summed E-state index contributed by atoms with van der Waals surface area (Å²) in [4.78, 5) is 13.4. The molecule has 0 aromatic rings. The molecule has 5 heteroatoms.